The van der Waals surface area contributed by atoms with Gasteiger partial charge in [-0.05, 0) is 24.6 Å². The van der Waals surface area contributed by atoms with Gasteiger partial charge in [-0.3, -0.25) is 4.90 Å². The monoisotopic (exact) mass is 317 g/mol. The number of nitrogens with one attached hydrogen (secondary N) is 1. The maximum Gasteiger partial charge on any atom is 0.243 e. The molecule has 1 fully saturated rings. The summed E-state index contributed by atoms with van der Waals surface area (Å²) in [7, 11) is -3.89. The fraction of sp³-hybridized carbons (Fsp3) is 0.538. The Labute approximate surface area is 124 Å². The van der Waals surface area contributed by atoms with Gasteiger partial charge in [0.25, 0.3) is 0 Å². The van der Waals surface area contributed by atoms with Crippen LogP contribution in [-0.2, 0) is 14.8 Å². The summed E-state index contributed by atoms with van der Waals surface area (Å²) in [4.78, 5) is 1.68. The number of nitrogen functional groups attached to an aromatic ring is 1. The van der Waals surface area contributed by atoms with Crippen LogP contribution in [0.4, 0.5) is 10.1 Å². The second kappa shape index (κ2) is 6.69. The quantitative estimate of drug-likeness (QED) is 0.765. The van der Waals surface area contributed by atoms with E-state index in [1.54, 1.807) is 6.92 Å². The number of anilines is 1. The lowest BCUT2D eigenvalue weighted by molar-refractivity contribution is 0.0390. The van der Waals surface area contributed by atoms with Crippen LogP contribution in [0.5, 0.6) is 0 Å². The van der Waals surface area contributed by atoms with Crippen LogP contribution >= 0.6 is 0 Å². The molecule has 21 heavy (non-hydrogen) atoms. The summed E-state index contributed by atoms with van der Waals surface area (Å²) in [6.45, 7) is 5.24. The third-order valence-electron chi connectivity index (χ3n) is 3.43. The molecule has 0 aliphatic carbocycles. The molecule has 1 aromatic rings. The molecule has 118 valence electrons. The van der Waals surface area contributed by atoms with Gasteiger partial charge in [0.15, 0.2) is 0 Å². The summed E-state index contributed by atoms with van der Waals surface area (Å²) in [6, 6.07) is 2.29. The lowest BCUT2D eigenvalue weighted by Crippen LogP contribution is -2.41. The molecule has 0 saturated carbocycles. The molecule has 1 saturated heterocycles. The molecule has 3 N–H and O–H groups in total. The number of hydrogen-bond acceptors (Lipinski definition) is 5. The highest BCUT2D eigenvalue weighted by Crippen LogP contribution is 2.21. The number of rotatable bonds is 5. The van der Waals surface area contributed by atoms with Crippen LogP contribution in [0.1, 0.15) is 5.56 Å². The summed E-state index contributed by atoms with van der Waals surface area (Å²) in [5, 5.41) is 0. The van der Waals surface area contributed by atoms with Gasteiger partial charge in [-0.15, -0.1) is 0 Å². The molecule has 0 spiro atoms. The average Bonchev–Trinajstić information content (AvgIpc) is 2.43. The van der Waals surface area contributed by atoms with E-state index in [0.717, 1.165) is 25.2 Å². The Morgan fingerprint density at radius 2 is 2.05 bits per heavy atom. The number of sulfonamides is 1. The summed E-state index contributed by atoms with van der Waals surface area (Å²) >= 11 is 0. The number of hydrogen-bond donors (Lipinski definition) is 2. The Bertz CT molecular complexity index is 601. The van der Waals surface area contributed by atoms with Gasteiger partial charge in [-0.25, -0.2) is 17.5 Å². The lowest BCUT2D eigenvalue weighted by Gasteiger charge is -2.26. The average molecular weight is 317 g/mol. The van der Waals surface area contributed by atoms with Gasteiger partial charge in [0, 0.05) is 31.9 Å². The first-order chi connectivity index (χ1) is 9.90. The molecule has 0 bridgehead atoms. The highest BCUT2D eigenvalue weighted by Gasteiger charge is 2.20. The van der Waals surface area contributed by atoms with E-state index in [0.29, 0.717) is 25.3 Å². The van der Waals surface area contributed by atoms with Crippen LogP contribution in [-0.4, -0.2) is 52.7 Å². The van der Waals surface area contributed by atoms with Crippen molar-refractivity contribution in [2.75, 3.05) is 45.1 Å². The predicted octanol–water partition coefficient (Wildman–Crippen LogP) is 0.327. The molecular formula is C13H20FN3O3S. The van der Waals surface area contributed by atoms with Crippen molar-refractivity contribution in [3.8, 4) is 0 Å². The van der Waals surface area contributed by atoms with Crippen molar-refractivity contribution >= 4 is 15.7 Å². The van der Waals surface area contributed by atoms with Crippen LogP contribution in [0, 0.1) is 12.7 Å². The van der Waals surface area contributed by atoms with Crippen molar-refractivity contribution in [1.82, 2.24) is 9.62 Å². The minimum absolute atomic E-state index is 0.218. The maximum atomic E-state index is 13.8. The van der Waals surface area contributed by atoms with Crippen LogP contribution in [0.15, 0.2) is 17.0 Å². The molecule has 0 atom stereocenters. The minimum Gasteiger partial charge on any atom is -0.398 e. The zero-order chi connectivity index (χ0) is 15.5. The third-order valence-corrected chi connectivity index (χ3v) is 4.91. The summed E-state index contributed by atoms with van der Waals surface area (Å²) < 4.78 is 45.6. The number of halogens is 1. The number of benzene rings is 1. The number of nitrogens with zero attached hydrogens (tertiary/aromatic N) is 1. The van der Waals surface area contributed by atoms with E-state index in [-0.39, 0.29) is 12.2 Å². The predicted molar refractivity (Wildman–Crippen MR) is 78.0 cm³/mol. The van der Waals surface area contributed by atoms with E-state index in [9.17, 15) is 12.8 Å². The Balaban J connectivity index is 1.99. The fourth-order valence-electron chi connectivity index (χ4n) is 2.12. The molecule has 0 aromatic heterocycles. The molecule has 0 unspecified atom stereocenters. The molecule has 8 heteroatoms. The van der Waals surface area contributed by atoms with Crippen molar-refractivity contribution < 1.29 is 17.5 Å². The highest BCUT2D eigenvalue weighted by molar-refractivity contribution is 7.89. The van der Waals surface area contributed by atoms with Gasteiger partial charge in [-0.2, -0.15) is 0 Å². The smallest absolute Gasteiger partial charge is 0.243 e. The number of aryl methyl sites for hydroxylation is 1. The zero-order valence-corrected chi connectivity index (χ0v) is 12.7. The topological polar surface area (TPSA) is 84.7 Å². The number of ether oxygens (including phenoxy) is 1. The largest absolute Gasteiger partial charge is 0.398 e. The Morgan fingerprint density at radius 1 is 1.38 bits per heavy atom. The van der Waals surface area contributed by atoms with E-state index < -0.39 is 20.7 Å². The van der Waals surface area contributed by atoms with Gasteiger partial charge in [0.05, 0.1) is 13.2 Å². The van der Waals surface area contributed by atoms with E-state index in [1.807, 2.05) is 0 Å². The van der Waals surface area contributed by atoms with E-state index in [1.165, 1.54) is 0 Å². The molecule has 6 nitrogen and oxygen atoms in total. The summed E-state index contributed by atoms with van der Waals surface area (Å²) in [5.41, 5.74) is 6.42. The van der Waals surface area contributed by atoms with Crippen molar-refractivity contribution in [1.29, 1.82) is 0 Å². The normalized spacial score (nSPS) is 17.0. The lowest BCUT2D eigenvalue weighted by atomic mass is 10.2. The van der Waals surface area contributed by atoms with Gasteiger partial charge >= 0.3 is 0 Å². The second-order valence-corrected chi connectivity index (χ2v) is 6.73. The van der Waals surface area contributed by atoms with Crippen molar-refractivity contribution in [3.05, 3.63) is 23.5 Å². The molecule has 1 aliphatic heterocycles. The van der Waals surface area contributed by atoms with Gasteiger partial charge in [0.2, 0.25) is 10.0 Å². The minimum atomic E-state index is -3.89. The van der Waals surface area contributed by atoms with Crippen LogP contribution in [0.2, 0.25) is 0 Å². The number of morpholine rings is 1. The molecule has 1 heterocycles. The Hall–Kier alpha value is -1.22. The van der Waals surface area contributed by atoms with Crippen LogP contribution in [0.25, 0.3) is 0 Å². The molecule has 2 rings (SSSR count). The first kappa shape index (κ1) is 16.2. The second-order valence-electron chi connectivity index (χ2n) is 4.99. The van der Waals surface area contributed by atoms with E-state index in [2.05, 4.69) is 9.62 Å². The molecule has 1 aliphatic rings. The molecule has 1 aromatic carbocycles. The molecule has 0 amide bonds. The van der Waals surface area contributed by atoms with Crippen LogP contribution in [0.3, 0.4) is 0 Å². The van der Waals surface area contributed by atoms with Crippen molar-refractivity contribution in [2.45, 2.75) is 11.8 Å². The number of nitrogens with two attached hydrogens (primary N) is 1. The Kier molecular flexibility index (Phi) is 5.15. The molecule has 0 radical (unpaired) electrons. The van der Waals surface area contributed by atoms with Gasteiger partial charge in [0.1, 0.15) is 10.7 Å². The summed E-state index contributed by atoms with van der Waals surface area (Å²) in [5.74, 6) is -0.791. The zero-order valence-electron chi connectivity index (χ0n) is 11.9. The summed E-state index contributed by atoms with van der Waals surface area (Å²) in [6.07, 6.45) is 0. The first-order valence-electron chi connectivity index (χ1n) is 6.75. The first-order valence-corrected chi connectivity index (χ1v) is 8.24. The van der Waals surface area contributed by atoms with Crippen LogP contribution < -0.4 is 10.5 Å². The fourth-order valence-corrected chi connectivity index (χ4v) is 3.23. The van der Waals surface area contributed by atoms with E-state index >= 15 is 0 Å². The maximum absolute atomic E-state index is 13.8. The van der Waals surface area contributed by atoms with E-state index in [4.69, 9.17) is 10.5 Å². The van der Waals surface area contributed by atoms with Crippen molar-refractivity contribution in [2.24, 2.45) is 0 Å². The Morgan fingerprint density at radius 3 is 2.71 bits per heavy atom. The van der Waals surface area contributed by atoms with Crippen molar-refractivity contribution in [3.63, 3.8) is 0 Å². The SMILES string of the molecule is Cc1cc(F)c(S(=O)(=O)NCCN2CCOCC2)cc1N. The van der Waals surface area contributed by atoms with Gasteiger partial charge < -0.3 is 10.5 Å². The third kappa shape index (κ3) is 4.13. The molecular weight excluding hydrogens is 297 g/mol. The standard InChI is InChI=1S/C13H20FN3O3S/c1-10-8-11(14)13(9-12(10)15)21(18,19)16-2-3-17-4-6-20-7-5-17/h8-9,16H,2-7,15H2,1H3. The van der Waals surface area contributed by atoms with Gasteiger partial charge in [-0.1, -0.05) is 0 Å². The highest BCUT2D eigenvalue weighted by atomic mass is 32.2.